The molecule has 4 aromatic rings. The molecule has 29 heavy (non-hydrogen) atoms. The topological polar surface area (TPSA) is 103 Å². The Labute approximate surface area is 169 Å². The maximum atomic E-state index is 5.65. The number of hydrogen-bond acceptors (Lipinski definition) is 8. The number of ether oxygens (including phenoxy) is 2. The van der Waals surface area contributed by atoms with Crippen LogP contribution in [0.5, 0.6) is 11.5 Å². The second-order valence-electron chi connectivity index (χ2n) is 7.25. The standard InChI is InChI=1S/C19H17N7O2S/c1-10-8-12(10)18-23-21-15-4-5-16(25-26(15)18)29-19-20-17(22-24-19)11-2-3-13-14(9-11)28-7-6-27-13/h2-5,9-10,12H,6-8H2,1H3,(H,20,22,24). The Bertz CT molecular complexity index is 1220. The summed E-state index contributed by atoms with van der Waals surface area (Å²) in [6.45, 7) is 3.34. The van der Waals surface area contributed by atoms with Crippen LogP contribution >= 0.6 is 11.8 Å². The Hall–Kier alpha value is -3.14. The first-order valence-electron chi connectivity index (χ1n) is 9.47. The van der Waals surface area contributed by atoms with Crippen LogP contribution in [0.2, 0.25) is 0 Å². The quantitative estimate of drug-likeness (QED) is 0.551. The zero-order valence-electron chi connectivity index (χ0n) is 15.6. The van der Waals surface area contributed by atoms with Crippen LogP contribution in [-0.2, 0) is 0 Å². The van der Waals surface area contributed by atoms with E-state index in [2.05, 4.69) is 32.3 Å². The average molecular weight is 407 g/mol. The molecule has 146 valence electrons. The van der Waals surface area contributed by atoms with Crippen LogP contribution < -0.4 is 9.47 Å². The van der Waals surface area contributed by atoms with E-state index in [1.54, 1.807) is 0 Å². The summed E-state index contributed by atoms with van der Waals surface area (Å²) in [6.07, 6.45) is 1.14. The molecule has 0 saturated heterocycles. The van der Waals surface area contributed by atoms with Crippen molar-refractivity contribution in [1.82, 2.24) is 35.0 Å². The van der Waals surface area contributed by atoms with Crippen molar-refractivity contribution in [3.8, 4) is 22.9 Å². The van der Waals surface area contributed by atoms with Crippen molar-refractivity contribution in [1.29, 1.82) is 0 Å². The fraction of sp³-hybridized carbons (Fsp3) is 0.316. The van der Waals surface area contributed by atoms with Crippen LogP contribution in [0.3, 0.4) is 0 Å². The van der Waals surface area contributed by atoms with Gasteiger partial charge in [-0.1, -0.05) is 6.92 Å². The van der Waals surface area contributed by atoms with Gasteiger partial charge in [0, 0.05) is 11.5 Å². The number of fused-ring (bicyclic) bond motifs is 2. The van der Waals surface area contributed by atoms with Crippen molar-refractivity contribution in [2.24, 2.45) is 5.92 Å². The van der Waals surface area contributed by atoms with Gasteiger partial charge in [-0.2, -0.15) is 9.61 Å². The molecular weight excluding hydrogens is 390 g/mol. The molecule has 0 bridgehead atoms. The Morgan fingerprint density at radius 1 is 1.10 bits per heavy atom. The van der Waals surface area contributed by atoms with Gasteiger partial charge in [-0.25, -0.2) is 4.98 Å². The lowest BCUT2D eigenvalue weighted by atomic mass is 10.2. The molecule has 3 aromatic heterocycles. The Kier molecular flexibility index (Phi) is 3.73. The van der Waals surface area contributed by atoms with Crippen molar-refractivity contribution in [3.05, 3.63) is 36.2 Å². The van der Waals surface area contributed by atoms with E-state index in [1.165, 1.54) is 11.8 Å². The third kappa shape index (κ3) is 3.00. The van der Waals surface area contributed by atoms with Crippen LogP contribution in [0.1, 0.15) is 25.1 Å². The number of H-pyrrole nitrogens is 1. The SMILES string of the molecule is CC1CC1c1nnc2ccc(Sc3n[nH]c(-c4ccc5c(c4)OCCO5)n3)nn12. The molecule has 0 radical (unpaired) electrons. The van der Waals surface area contributed by atoms with Gasteiger partial charge in [0.05, 0.1) is 0 Å². The van der Waals surface area contributed by atoms with E-state index in [1.807, 2.05) is 34.8 Å². The number of hydrogen-bond donors (Lipinski definition) is 1. The van der Waals surface area contributed by atoms with Gasteiger partial charge < -0.3 is 9.47 Å². The normalized spacial score (nSPS) is 20.2. The summed E-state index contributed by atoms with van der Waals surface area (Å²) in [6, 6.07) is 9.57. The molecule has 9 nitrogen and oxygen atoms in total. The van der Waals surface area contributed by atoms with Crippen molar-refractivity contribution >= 4 is 17.4 Å². The molecule has 0 amide bonds. The number of rotatable bonds is 4. The molecule has 1 fully saturated rings. The minimum atomic E-state index is 0.447. The fourth-order valence-electron chi connectivity index (χ4n) is 3.46. The first kappa shape index (κ1) is 16.8. The summed E-state index contributed by atoms with van der Waals surface area (Å²) in [5, 5.41) is 21.9. The van der Waals surface area contributed by atoms with Crippen molar-refractivity contribution in [2.45, 2.75) is 29.4 Å². The highest BCUT2D eigenvalue weighted by Crippen LogP contribution is 2.46. The molecule has 6 rings (SSSR count). The summed E-state index contributed by atoms with van der Waals surface area (Å²) < 4.78 is 13.1. The van der Waals surface area contributed by atoms with E-state index in [-0.39, 0.29) is 0 Å². The highest BCUT2D eigenvalue weighted by molar-refractivity contribution is 7.99. The minimum Gasteiger partial charge on any atom is -0.486 e. The molecule has 4 heterocycles. The van der Waals surface area contributed by atoms with Crippen LogP contribution in [0.4, 0.5) is 0 Å². The third-order valence-electron chi connectivity index (χ3n) is 5.18. The van der Waals surface area contributed by atoms with Gasteiger partial charge in [-0.15, -0.1) is 15.3 Å². The largest absolute Gasteiger partial charge is 0.486 e. The van der Waals surface area contributed by atoms with Gasteiger partial charge in [0.15, 0.2) is 28.8 Å². The molecule has 1 N–H and O–H groups in total. The van der Waals surface area contributed by atoms with Gasteiger partial charge >= 0.3 is 0 Å². The lowest BCUT2D eigenvalue weighted by molar-refractivity contribution is 0.171. The van der Waals surface area contributed by atoms with Crippen LogP contribution in [0.25, 0.3) is 17.0 Å². The Morgan fingerprint density at radius 2 is 1.97 bits per heavy atom. The van der Waals surface area contributed by atoms with Gasteiger partial charge in [0.1, 0.15) is 18.2 Å². The molecule has 2 unspecified atom stereocenters. The van der Waals surface area contributed by atoms with Gasteiger partial charge in [0.2, 0.25) is 5.16 Å². The lowest BCUT2D eigenvalue weighted by Crippen LogP contribution is -2.15. The fourth-order valence-corrected chi connectivity index (χ4v) is 4.14. The second kappa shape index (κ2) is 6.45. The zero-order chi connectivity index (χ0) is 19.4. The predicted octanol–water partition coefficient (Wildman–Crippen LogP) is 2.96. The molecule has 2 aliphatic rings. The summed E-state index contributed by atoms with van der Waals surface area (Å²) in [5.41, 5.74) is 1.65. The smallest absolute Gasteiger partial charge is 0.215 e. The van der Waals surface area contributed by atoms with Gasteiger partial charge in [0.25, 0.3) is 0 Å². The number of benzene rings is 1. The third-order valence-corrected chi connectivity index (χ3v) is 5.97. The molecule has 2 atom stereocenters. The maximum absolute atomic E-state index is 5.65. The highest BCUT2D eigenvalue weighted by atomic mass is 32.2. The number of nitrogens with one attached hydrogen (secondary N) is 1. The molecule has 1 aliphatic carbocycles. The molecule has 10 heteroatoms. The second-order valence-corrected chi connectivity index (χ2v) is 8.23. The van der Waals surface area contributed by atoms with Gasteiger partial charge in [-0.05, 0) is 54.4 Å². The van der Waals surface area contributed by atoms with Crippen LogP contribution in [0.15, 0.2) is 40.5 Å². The van der Waals surface area contributed by atoms with Crippen molar-refractivity contribution < 1.29 is 9.47 Å². The summed E-state index contributed by atoms with van der Waals surface area (Å²) in [4.78, 5) is 4.59. The Balaban J connectivity index is 1.26. The monoisotopic (exact) mass is 407 g/mol. The van der Waals surface area contributed by atoms with Crippen LogP contribution in [0, 0.1) is 5.92 Å². The average Bonchev–Trinajstić information content (AvgIpc) is 3.14. The van der Waals surface area contributed by atoms with E-state index in [0.29, 0.717) is 36.0 Å². The Morgan fingerprint density at radius 3 is 2.83 bits per heavy atom. The van der Waals surface area contributed by atoms with Crippen molar-refractivity contribution in [3.63, 3.8) is 0 Å². The summed E-state index contributed by atoms with van der Waals surface area (Å²) in [7, 11) is 0. The maximum Gasteiger partial charge on any atom is 0.215 e. The first-order chi connectivity index (χ1) is 14.2. The molecule has 1 saturated carbocycles. The van der Waals surface area contributed by atoms with Crippen LogP contribution in [-0.4, -0.2) is 48.2 Å². The zero-order valence-corrected chi connectivity index (χ0v) is 16.4. The number of aromatic nitrogens is 7. The summed E-state index contributed by atoms with van der Waals surface area (Å²) >= 11 is 1.39. The first-order valence-corrected chi connectivity index (χ1v) is 10.3. The van der Waals surface area contributed by atoms with E-state index in [4.69, 9.17) is 14.6 Å². The predicted molar refractivity (Wildman–Crippen MR) is 104 cm³/mol. The van der Waals surface area contributed by atoms with Gasteiger partial charge in [-0.3, -0.25) is 5.10 Å². The lowest BCUT2D eigenvalue weighted by Gasteiger charge is -2.18. The number of nitrogens with zero attached hydrogens (tertiary/aromatic N) is 6. The highest BCUT2D eigenvalue weighted by Gasteiger charge is 2.38. The number of aromatic amines is 1. The van der Waals surface area contributed by atoms with Crippen molar-refractivity contribution in [2.75, 3.05) is 13.2 Å². The molecule has 0 spiro atoms. The van der Waals surface area contributed by atoms with E-state index < -0.39 is 0 Å². The van der Waals surface area contributed by atoms with E-state index >= 15 is 0 Å². The van der Waals surface area contributed by atoms with E-state index in [9.17, 15) is 0 Å². The molecule has 1 aliphatic heterocycles. The molecule has 1 aromatic carbocycles. The summed E-state index contributed by atoms with van der Waals surface area (Å²) in [5.74, 6) is 4.16. The van der Waals surface area contributed by atoms with E-state index in [0.717, 1.165) is 40.0 Å². The molecular formula is C19H17N7O2S. The minimum absolute atomic E-state index is 0.447.